The number of halogens is 1. The first-order chi connectivity index (χ1) is 19.3. The first kappa shape index (κ1) is 27.8. The largest absolute Gasteiger partial charge is 0.490 e. The highest BCUT2D eigenvalue weighted by molar-refractivity contribution is 8.18. The molecule has 1 fully saturated rings. The van der Waals surface area contributed by atoms with Crippen molar-refractivity contribution in [2.24, 2.45) is 0 Å². The average Bonchev–Trinajstić information content (AvgIpc) is 3.19. The monoisotopic (exact) mass is 576 g/mol. The lowest BCUT2D eigenvalue weighted by atomic mass is 10.00. The Morgan fingerprint density at radius 1 is 1.05 bits per heavy atom. The molecule has 206 valence electrons. The van der Waals surface area contributed by atoms with Gasteiger partial charge in [0.1, 0.15) is 13.2 Å². The maximum absolute atomic E-state index is 13.1. The van der Waals surface area contributed by atoms with E-state index in [1.54, 1.807) is 23.1 Å². The molecule has 3 amide bonds. The molecule has 3 aromatic carbocycles. The normalized spacial score (nSPS) is 15.9. The van der Waals surface area contributed by atoms with Crippen LogP contribution in [0.4, 0.5) is 4.79 Å². The number of hydrogen-bond acceptors (Lipinski definition) is 6. The SMILES string of the molecule is CCOc1cc(/C=C2\SC(=O)N(CC(=O)N3CCc4ccccc4C3)C2=O)cc(Cl)c1OCc1cccc(C)c1. The Labute approximate surface area is 242 Å². The second kappa shape index (κ2) is 12.2. The first-order valence-electron chi connectivity index (χ1n) is 13.1. The van der Waals surface area contributed by atoms with Gasteiger partial charge in [-0.15, -0.1) is 0 Å². The van der Waals surface area contributed by atoms with E-state index in [4.69, 9.17) is 21.1 Å². The molecular weight excluding hydrogens is 548 g/mol. The Morgan fingerprint density at radius 2 is 1.85 bits per heavy atom. The highest BCUT2D eigenvalue weighted by atomic mass is 35.5. The van der Waals surface area contributed by atoms with Gasteiger partial charge in [-0.3, -0.25) is 19.3 Å². The van der Waals surface area contributed by atoms with Crippen LogP contribution in [0.5, 0.6) is 11.5 Å². The summed E-state index contributed by atoms with van der Waals surface area (Å²) < 4.78 is 11.8. The maximum Gasteiger partial charge on any atom is 0.294 e. The summed E-state index contributed by atoms with van der Waals surface area (Å²) in [5, 5.41) is -0.152. The molecule has 2 aliphatic heterocycles. The van der Waals surface area contributed by atoms with E-state index in [-0.39, 0.29) is 17.4 Å². The van der Waals surface area contributed by atoms with Crippen LogP contribution < -0.4 is 9.47 Å². The van der Waals surface area contributed by atoms with E-state index in [0.717, 1.165) is 39.8 Å². The van der Waals surface area contributed by atoms with Crippen LogP contribution in [0, 0.1) is 6.92 Å². The molecule has 2 aliphatic rings. The third-order valence-corrected chi connectivity index (χ3v) is 7.93. The minimum absolute atomic E-state index is 0.216. The summed E-state index contributed by atoms with van der Waals surface area (Å²) >= 11 is 7.39. The van der Waals surface area contributed by atoms with E-state index in [1.165, 1.54) is 5.56 Å². The lowest BCUT2D eigenvalue weighted by Gasteiger charge is -2.29. The number of aryl methyl sites for hydroxylation is 1. The van der Waals surface area contributed by atoms with Crippen LogP contribution in [0.1, 0.15) is 34.7 Å². The summed E-state index contributed by atoms with van der Waals surface area (Å²) in [6, 6.07) is 19.4. The zero-order valence-electron chi connectivity index (χ0n) is 22.3. The molecule has 0 N–H and O–H groups in total. The van der Waals surface area contributed by atoms with Crippen molar-refractivity contribution in [3.8, 4) is 11.5 Å². The van der Waals surface area contributed by atoms with Gasteiger partial charge in [0.15, 0.2) is 11.5 Å². The molecular formula is C31H29ClN2O5S. The number of benzene rings is 3. The molecule has 0 saturated carbocycles. The summed E-state index contributed by atoms with van der Waals surface area (Å²) in [6.45, 7) is 5.31. The summed E-state index contributed by atoms with van der Waals surface area (Å²) in [6.07, 6.45) is 2.34. The van der Waals surface area contributed by atoms with Crippen molar-refractivity contribution in [1.82, 2.24) is 9.80 Å². The summed E-state index contributed by atoms with van der Waals surface area (Å²) in [4.78, 5) is 41.8. The third-order valence-electron chi connectivity index (χ3n) is 6.75. The van der Waals surface area contributed by atoms with Crippen LogP contribution >= 0.6 is 23.4 Å². The highest BCUT2D eigenvalue weighted by Crippen LogP contribution is 2.39. The molecule has 0 bridgehead atoms. The number of rotatable bonds is 8. The zero-order chi connectivity index (χ0) is 28.2. The van der Waals surface area contributed by atoms with E-state index in [2.05, 4.69) is 6.07 Å². The number of imide groups is 1. The summed E-state index contributed by atoms with van der Waals surface area (Å²) in [5.74, 6) is 0.0853. The van der Waals surface area contributed by atoms with Gasteiger partial charge in [0.25, 0.3) is 11.1 Å². The molecule has 1 saturated heterocycles. The number of carbonyl (C=O) groups excluding carboxylic acids is 3. The number of nitrogens with zero attached hydrogens (tertiary/aromatic N) is 2. The third kappa shape index (κ3) is 6.18. The number of hydrogen-bond donors (Lipinski definition) is 0. The molecule has 7 nitrogen and oxygen atoms in total. The fraction of sp³-hybridized carbons (Fsp3) is 0.258. The first-order valence-corrected chi connectivity index (χ1v) is 14.3. The van der Waals surface area contributed by atoms with Crippen LogP contribution in [0.3, 0.4) is 0 Å². The van der Waals surface area contributed by atoms with Crippen LogP contribution in [0.2, 0.25) is 5.02 Å². The van der Waals surface area contributed by atoms with Crippen LogP contribution in [0.15, 0.2) is 65.6 Å². The topological polar surface area (TPSA) is 76.2 Å². The van der Waals surface area contributed by atoms with E-state index < -0.39 is 11.1 Å². The van der Waals surface area contributed by atoms with Gasteiger partial charge in [-0.25, -0.2) is 0 Å². The van der Waals surface area contributed by atoms with E-state index in [0.29, 0.717) is 48.4 Å². The summed E-state index contributed by atoms with van der Waals surface area (Å²) in [7, 11) is 0. The minimum Gasteiger partial charge on any atom is -0.490 e. The molecule has 2 heterocycles. The van der Waals surface area contributed by atoms with Crippen molar-refractivity contribution in [3.63, 3.8) is 0 Å². The Balaban J connectivity index is 1.29. The molecule has 9 heteroatoms. The molecule has 40 heavy (non-hydrogen) atoms. The molecule has 3 aromatic rings. The summed E-state index contributed by atoms with van der Waals surface area (Å²) in [5.41, 5.74) is 5.02. The molecule has 0 spiro atoms. The standard InChI is InChI=1S/C31H29ClN2O5S/c1-3-38-26-15-22(14-25(32)29(26)39-19-21-8-6-7-20(2)13-21)16-27-30(36)34(31(37)40-27)18-28(35)33-12-11-23-9-4-5-10-24(23)17-33/h4-10,13-16H,3,11-12,17-19H2,1-2H3/b27-16-. The van der Waals surface area contributed by atoms with Crippen LogP contribution in [-0.2, 0) is 29.2 Å². The van der Waals surface area contributed by atoms with E-state index >= 15 is 0 Å². The minimum atomic E-state index is -0.505. The van der Waals surface area contributed by atoms with Crippen molar-refractivity contribution in [2.45, 2.75) is 33.4 Å². The number of fused-ring (bicyclic) bond motifs is 1. The van der Waals surface area contributed by atoms with Gasteiger partial charge in [0.05, 0.1) is 16.5 Å². The number of ether oxygens (including phenoxy) is 2. The number of carbonyl (C=O) groups is 3. The Hall–Kier alpha value is -3.75. The fourth-order valence-corrected chi connectivity index (χ4v) is 5.88. The van der Waals surface area contributed by atoms with Crippen molar-refractivity contribution >= 4 is 46.5 Å². The van der Waals surface area contributed by atoms with E-state index in [9.17, 15) is 14.4 Å². The average molecular weight is 577 g/mol. The predicted octanol–water partition coefficient (Wildman–Crippen LogP) is 6.25. The maximum atomic E-state index is 13.1. The molecule has 0 radical (unpaired) electrons. The molecule has 5 rings (SSSR count). The molecule has 0 aliphatic carbocycles. The van der Waals surface area contributed by atoms with Gasteiger partial charge in [-0.1, -0.05) is 65.7 Å². The van der Waals surface area contributed by atoms with Gasteiger partial charge in [-0.2, -0.15) is 0 Å². The van der Waals surface area contributed by atoms with Gasteiger partial charge in [0.2, 0.25) is 5.91 Å². The lowest BCUT2D eigenvalue weighted by Crippen LogP contribution is -2.44. The second-order valence-corrected chi connectivity index (χ2v) is 11.0. The molecule has 0 aromatic heterocycles. The van der Waals surface area contributed by atoms with Gasteiger partial charge >= 0.3 is 0 Å². The van der Waals surface area contributed by atoms with Gasteiger partial charge < -0.3 is 14.4 Å². The Bertz CT molecular complexity index is 1500. The van der Waals surface area contributed by atoms with E-state index in [1.807, 2.05) is 56.3 Å². The van der Waals surface area contributed by atoms with Crippen molar-refractivity contribution < 1.29 is 23.9 Å². The highest BCUT2D eigenvalue weighted by Gasteiger charge is 2.37. The Morgan fingerprint density at radius 3 is 2.62 bits per heavy atom. The molecule has 0 unspecified atom stereocenters. The second-order valence-electron chi connectivity index (χ2n) is 9.64. The Kier molecular flexibility index (Phi) is 8.47. The number of amides is 3. The smallest absolute Gasteiger partial charge is 0.294 e. The van der Waals surface area contributed by atoms with Gasteiger partial charge in [-0.05, 0) is 72.5 Å². The quantitative estimate of drug-likeness (QED) is 0.295. The predicted molar refractivity (Wildman–Crippen MR) is 156 cm³/mol. The van der Waals surface area contributed by atoms with Gasteiger partial charge in [0, 0.05) is 13.1 Å². The van der Waals surface area contributed by atoms with Crippen molar-refractivity contribution in [3.05, 3.63) is 98.4 Å². The fourth-order valence-electron chi connectivity index (χ4n) is 4.76. The zero-order valence-corrected chi connectivity index (χ0v) is 23.9. The van der Waals surface area contributed by atoms with Crippen molar-refractivity contribution in [1.29, 1.82) is 0 Å². The van der Waals surface area contributed by atoms with Crippen LogP contribution in [-0.4, -0.2) is 46.5 Å². The van der Waals surface area contributed by atoms with Crippen LogP contribution in [0.25, 0.3) is 6.08 Å². The molecule has 0 atom stereocenters. The number of thioether (sulfide) groups is 1. The lowest BCUT2D eigenvalue weighted by molar-refractivity contribution is -0.136. The van der Waals surface area contributed by atoms with Crippen molar-refractivity contribution in [2.75, 3.05) is 19.7 Å².